The lowest BCUT2D eigenvalue weighted by Gasteiger charge is -2.47. The zero-order chi connectivity index (χ0) is 15.5. The summed E-state index contributed by atoms with van der Waals surface area (Å²) in [6, 6.07) is 0. The molecule has 2 rings (SSSR count). The van der Waals surface area contributed by atoms with Gasteiger partial charge in [-0.1, -0.05) is 26.2 Å². The number of rotatable bonds is 5. The normalized spacial score (nSPS) is 22.4. The highest BCUT2D eigenvalue weighted by molar-refractivity contribution is 7.91. The fourth-order valence-electron chi connectivity index (χ4n) is 3.39. The zero-order valence-corrected chi connectivity index (χ0v) is 13.4. The summed E-state index contributed by atoms with van der Waals surface area (Å²) in [7, 11) is -3.15. The van der Waals surface area contributed by atoms with Crippen LogP contribution in [0.5, 0.6) is 0 Å². The van der Waals surface area contributed by atoms with Crippen LogP contribution in [0.4, 0.5) is 0 Å². The topological polar surface area (TPSA) is 83.6 Å². The van der Waals surface area contributed by atoms with Gasteiger partial charge in [0.15, 0.2) is 9.84 Å². The zero-order valence-electron chi connectivity index (χ0n) is 12.6. The van der Waals surface area contributed by atoms with Gasteiger partial charge in [-0.25, -0.2) is 8.42 Å². The number of amides is 2. The minimum absolute atomic E-state index is 0.0194. The molecular weight excluding hydrogens is 292 g/mol. The number of piperazine rings is 1. The molecule has 1 saturated carbocycles. The lowest BCUT2D eigenvalue weighted by atomic mass is 9.78. The van der Waals surface area contributed by atoms with Crippen LogP contribution in [-0.4, -0.2) is 55.3 Å². The quantitative estimate of drug-likeness (QED) is 0.799. The molecule has 2 fully saturated rings. The number of hydrogen-bond acceptors (Lipinski definition) is 4. The van der Waals surface area contributed by atoms with Crippen molar-refractivity contribution in [3.8, 4) is 0 Å². The molecule has 0 unspecified atom stereocenters. The van der Waals surface area contributed by atoms with Crippen molar-refractivity contribution in [2.45, 2.75) is 51.0 Å². The molecule has 120 valence electrons. The van der Waals surface area contributed by atoms with Crippen LogP contribution >= 0.6 is 0 Å². The summed E-state index contributed by atoms with van der Waals surface area (Å²) in [4.78, 5) is 26.1. The molecule has 21 heavy (non-hydrogen) atoms. The molecule has 0 aromatic heterocycles. The molecule has 1 saturated heterocycles. The fourth-order valence-corrected chi connectivity index (χ4v) is 4.68. The molecule has 1 aliphatic heterocycles. The highest BCUT2D eigenvalue weighted by Gasteiger charge is 2.49. The van der Waals surface area contributed by atoms with E-state index in [0.29, 0.717) is 19.3 Å². The molecule has 2 aliphatic rings. The summed E-state index contributed by atoms with van der Waals surface area (Å²) >= 11 is 0. The van der Waals surface area contributed by atoms with Crippen LogP contribution < -0.4 is 5.32 Å². The minimum atomic E-state index is -3.15. The van der Waals surface area contributed by atoms with E-state index in [1.54, 1.807) is 0 Å². The Kier molecular flexibility index (Phi) is 4.91. The van der Waals surface area contributed by atoms with E-state index in [1.807, 2.05) is 6.92 Å². The van der Waals surface area contributed by atoms with Gasteiger partial charge in [0.1, 0.15) is 5.54 Å². The SMILES string of the molecule is CCCS(=O)(=O)CCN1C(=O)CNC(=O)C12CCCCC2. The van der Waals surface area contributed by atoms with Gasteiger partial charge in [0, 0.05) is 12.3 Å². The smallest absolute Gasteiger partial charge is 0.246 e. The maximum Gasteiger partial charge on any atom is 0.246 e. The van der Waals surface area contributed by atoms with Gasteiger partial charge < -0.3 is 10.2 Å². The molecule has 0 bridgehead atoms. The lowest BCUT2D eigenvalue weighted by molar-refractivity contribution is -0.155. The first kappa shape index (κ1) is 16.3. The second-order valence-electron chi connectivity index (χ2n) is 5.97. The summed E-state index contributed by atoms with van der Waals surface area (Å²) in [6.07, 6.45) is 4.71. The van der Waals surface area contributed by atoms with E-state index < -0.39 is 15.4 Å². The second-order valence-corrected chi connectivity index (χ2v) is 8.28. The number of carbonyl (C=O) groups is 2. The van der Waals surface area contributed by atoms with E-state index in [-0.39, 0.29) is 36.4 Å². The average Bonchev–Trinajstić information content (AvgIpc) is 2.44. The number of nitrogens with one attached hydrogen (secondary N) is 1. The van der Waals surface area contributed by atoms with Crippen molar-refractivity contribution in [3.63, 3.8) is 0 Å². The molecule has 0 aromatic carbocycles. The molecule has 6 nitrogen and oxygen atoms in total. The summed E-state index contributed by atoms with van der Waals surface area (Å²) < 4.78 is 23.8. The third-order valence-corrected chi connectivity index (χ3v) is 6.30. The molecular formula is C14H24N2O4S. The van der Waals surface area contributed by atoms with Gasteiger partial charge in [0.2, 0.25) is 11.8 Å². The summed E-state index contributed by atoms with van der Waals surface area (Å²) in [6.45, 7) is 1.93. The van der Waals surface area contributed by atoms with E-state index in [1.165, 1.54) is 4.90 Å². The number of nitrogens with zero attached hydrogens (tertiary/aromatic N) is 1. The summed E-state index contributed by atoms with van der Waals surface area (Å²) in [5.74, 6) is -0.201. The second kappa shape index (κ2) is 6.34. The molecule has 2 amide bonds. The Morgan fingerprint density at radius 3 is 2.43 bits per heavy atom. The van der Waals surface area contributed by atoms with Crippen LogP contribution in [0.25, 0.3) is 0 Å². The van der Waals surface area contributed by atoms with Gasteiger partial charge >= 0.3 is 0 Å². The minimum Gasteiger partial charge on any atom is -0.345 e. The van der Waals surface area contributed by atoms with Crippen molar-refractivity contribution in [1.29, 1.82) is 0 Å². The van der Waals surface area contributed by atoms with Crippen molar-refractivity contribution >= 4 is 21.7 Å². The van der Waals surface area contributed by atoms with Crippen LogP contribution in [-0.2, 0) is 19.4 Å². The van der Waals surface area contributed by atoms with Crippen molar-refractivity contribution in [1.82, 2.24) is 10.2 Å². The first-order valence-corrected chi connectivity index (χ1v) is 9.53. The Hall–Kier alpha value is -1.11. The first-order valence-electron chi connectivity index (χ1n) is 7.70. The van der Waals surface area contributed by atoms with Crippen molar-refractivity contribution in [2.24, 2.45) is 0 Å². The Morgan fingerprint density at radius 2 is 1.81 bits per heavy atom. The average molecular weight is 316 g/mol. The van der Waals surface area contributed by atoms with E-state index in [2.05, 4.69) is 5.32 Å². The van der Waals surface area contributed by atoms with Gasteiger partial charge in [-0.05, 0) is 19.3 Å². The third kappa shape index (κ3) is 3.39. The molecule has 0 aromatic rings. The maximum absolute atomic E-state index is 12.3. The Bertz CT molecular complexity index is 509. The monoisotopic (exact) mass is 316 g/mol. The van der Waals surface area contributed by atoms with Crippen LogP contribution in [0.2, 0.25) is 0 Å². The van der Waals surface area contributed by atoms with Crippen LogP contribution in [0.1, 0.15) is 45.4 Å². The first-order chi connectivity index (χ1) is 9.91. The summed E-state index contributed by atoms with van der Waals surface area (Å²) in [5.41, 5.74) is -0.810. The van der Waals surface area contributed by atoms with E-state index >= 15 is 0 Å². The van der Waals surface area contributed by atoms with Crippen molar-refractivity contribution in [3.05, 3.63) is 0 Å². The molecule has 1 N–H and O–H groups in total. The highest BCUT2D eigenvalue weighted by atomic mass is 32.2. The third-order valence-electron chi connectivity index (χ3n) is 4.46. The fraction of sp³-hybridized carbons (Fsp3) is 0.857. The van der Waals surface area contributed by atoms with E-state index in [0.717, 1.165) is 19.3 Å². The largest absolute Gasteiger partial charge is 0.345 e. The predicted octanol–water partition coefficient (Wildman–Crippen LogP) is 0.473. The standard InChI is InChI=1S/C14H24N2O4S/c1-2-9-21(19,20)10-8-16-12(17)11-15-13(18)14(16)6-4-3-5-7-14/h2-11H2,1H3,(H,15,18). The van der Waals surface area contributed by atoms with E-state index in [4.69, 9.17) is 0 Å². The van der Waals surface area contributed by atoms with Crippen LogP contribution in [0.3, 0.4) is 0 Å². The summed E-state index contributed by atoms with van der Waals surface area (Å²) in [5, 5.41) is 2.67. The van der Waals surface area contributed by atoms with Gasteiger partial charge in [0.25, 0.3) is 0 Å². The molecule has 0 atom stereocenters. The lowest BCUT2D eigenvalue weighted by Crippen LogP contribution is -2.68. The molecule has 0 radical (unpaired) electrons. The van der Waals surface area contributed by atoms with Gasteiger partial charge in [-0.2, -0.15) is 0 Å². The molecule has 1 aliphatic carbocycles. The Morgan fingerprint density at radius 1 is 1.14 bits per heavy atom. The molecule has 1 spiro atoms. The van der Waals surface area contributed by atoms with E-state index in [9.17, 15) is 18.0 Å². The number of hydrogen-bond donors (Lipinski definition) is 1. The number of sulfone groups is 1. The predicted molar refractivity (Wildman–Crippen MR) is 79.5 cm³/mol. The molecule has 1 heterocycles. The van der Waals surface area contributed by atoms with Gasteiger partial charge in [-0.15, -0.1) is 0 Å². The molecule has 7 heteroatoms. The highest BCUT2D eigenvalue weighted by Crippen LogP contribution is 2.35. The van der Waals surface area contributed by atoms with Crippen molar-refractivity contribution < 1.29 is 18.0 Å². The maximum atomic E-state index is 12.3. The van der Waals surface area contributed by atoms with Gasteiger partial charge in [0.05, 0.1) is 12.3 Å². The van der Waals surface area contributed by atoms with Gasteiger partial charge in [-0.3, -0.25) is 9.59 Å². The van der Waals surface area contributed by atoms with Crippen molar-refractivity contribution in [2.75, 3.05) is 24.6 Å². The Balaban J connectivity index is 2.16. The van der Waals surface area contributed by atoms with Crippen LogP contribution in [0.15, 0.2) is 0 Å². The number of carbonyl (C=O) groups excluding carboxylic acids is 2. The van der Waals surface area contributed by atoms with Crippen LogP contribution in [0, 0.1) is 0 Å². The Labute approximate surface area is 126 Å².